The fourth-order valence-electron chi connectivity index (χ4n) is 4.63. The summed E-state index contributed by atoms with van der Waals surface area (Å²) in [5.41, 5.74) is 3.36. The van der Waals surface area contributed by atoms with Crippen LogP contribution in [-0.4, -0.2) is 30.3 Å². The Kier molecular flexibility index (Phi) is 6.50. The molecule has 0 spiro atoms. The molecule has 0 saturated carbocycles. The van der Waals surface area contributed by atoms with Crippen LogP contribution in [0.1, 0.15) is 49.0 Å². The number of benzene rings is 2. The highest BCUT2D eigenvalue weighted by Crippen LogP contribution is 2.33. The van der Waals surface area contributed by atoms with Gasteiger partial charge in [-0.05, 0) is 61.9 Å². The molecule has 2 atom stereocenters. The highest BCUT2D eigenvalue weighted by Gasteiger charge is 2.35. The number of sulfonamides is 1. The van der Waals surface area contributed by atoms with Crippen molar-refractivity contribution in [2.45, 2.75) is 51.1 Å². The average Bonchev–Trinajstić information content (AvgIpc) is 2.74. The monoisotopic (exact) mass is 469 g/mol. The molecular formula is C25H28FN3O3S. The van der Waals surface area contributed by atoms with Crippen LogP contribution < -0.4 is 10.3 Å². The van der Waals surface area contributed by atoms with E-state index < -0.39 is 22.0 Å². The van der Waals surface area contributed by atoms with Gasteiger partial charge in [-0.15, -0.1) is 0 Å². The van der Waals surface area contributed by atoms with Gasteiger partial charge >= 0.3 is 0 Å². The molecule has 4 rings (SSSR count). The molecule has 6 nitrogen and oxygen atoms in total. The van der Waals surface area contributed by atoms with E-state index in [4.69, 9.17) is 0 Å². The van der Waals surface area contributed by atoms with Crippen molar-refractivity contribution in [2.24, 2.45) is 0 Å². The Balaban J connectivity index is 1.81. The molecule has 0 unspecified atom stereocenters. The molecule has 0 fully saturated rings. The normalized spacial score (nSPS) is 18.3. The van der Waals surface area contributed by atoms with Crippen LogP contribution >= 0.6 is 0 Å². The van der Waals surface area contributed by atoms with Gasteiger partial charge in [-0.2, -0.15) is 0 Å². The van der Waals surface area contributed by atoms with Crippen molar-refractivity contribution in [3.8, 4) is 11.1 Å². The lowest BCUT2D eigenvalue weighted by Crippen LogP contribution is -2.45. The van der Waals surface area contributed by atoms with Crippen molar-refractivity contribution >= 4 is 10.0 Å². The van der Waals surface area contributed by atoms with Gasteiger partial charge in [-0.3, -0.25) is 9.36 Å². The molecule has 1 heterocycles. The van der Waals surface area contributed by atoms with Crippen molar-refractivity contribution in [3.63, 3.8) is 0 Å². The van der Waals surface area contributed by atoms with Crippen molar-refractivity contribution in [2.75, 3.05) is 6.26 Å². The van der Waals surface area contributed by atoms with E-state index in [0.717, 1.165) is 17.4 Å². The van der Waals surface area contributed by atoms with E-state index in [-0.39, 0.29) is 17.4 Å². The van der Waals surface area contributed by atoms with Gasteiger partial charge in [-0.25, -0.2) is 22.5 Å². The fourth-order valence-corrected chi connectivity index (χ4v) is 5.46. The summed E-state index contributed by atoms with van der Waals surface area (Å²) >= 11 is 0. The molecule has 1 N–H and O–H groups in total. The zero-order valence-electron chi connectivity index (χ0n) is 19.0. The lowest BCUT2D eigenvalue weighted by Gasteiger charge is -2.33. The molecule has 0 aliphatic heterocycles. The average molecular weight is 470 g/mol. The quantitative estimate of drug-likeness (QED) is 0.595. The minimum atomic E-state index is -3.50. The Labute approximate surface area is 193 Å². The van der Waals surface area contributed by atoms with Crippen LogP contribution in [0.4, 0.5) is 4.39 Å². The second-order valence-corrected chi connectivity index (χ2v) is 10.8. The molecule has 0 bridgehead atoms. The minimum absolute atomic E-state index is 0.0851. The summed E-state index contributed by atoms with van der Waals surface area (Å²) in [4.78, 5) is 17.9. The predicted molar refractivity (Wildman–Crippen MR) is 127 cm³/mol. The topological polar surface area (TPSA) is 81.1 Å². The molecule has 33 heavy (non-hydrogen) atoms. The summed E-state index contributed by atoms with van der Waals surface area (Å²) in [7, 11) is -3.50. The van der Waals surface area contributed by atoms with Crippen molar-refractivity contribution in [1.29, 1.82) is 0 Å². The number of aromatic nitrogens is 2. The van der Waals surface area contributed by atoms with E-state index in [0.29, 0.717) is 36.1 Å². The molecule has 0 saturated heterocycles. The smallest absolute Gasteiger partial charge is 0.257 e. The second kappa shape index (κ2) is 9.19. The van der Waals surface area contributed by atoms with E-state index >= 15 is 0 Å². The van der Waals surface area contributed by atoms with Crippen LogP contribution in [0.3, 0.4) is 0 Å². The number of halogens is 1. The minimum Gasteiger partial charge on any atom is -0.296 e. The highest BCUT2D eigenvalue weighted by molar-refractivity contribution is 7.88. The van der Waals surface area contributed by atoms with Gasteiger partial charge in [0.15, 0.2) is 0 Å². The lowest BCUT2D eigenvalue weighted by molar-refractivity contribution is 0.412. The molecule has 1 aliphatic carbocycles. The van der Waals surface area contributed by atoms with E-state index in [2.05, 4.69) is 9.71 Å². The number of hydrogen-bond acceptors (Lipinski definition) is 4. The molecule has 2 aromatic carbocycles. The number of fused-ring (bicyclic) bond motifs is 1. The van der Waals surface area contributed by atoms with E-state index in [1.54, 1.807) is 10.9 Å². The van der Waals surface area contributed by atoms with E-state index in [1.807, 2.05) is 50.2 Å². The van der Waals surface area contributed by atoms with Crippen molar-refractivity contribution in [1.82, 2.24) is 14.3 Å². The fraction of sp³-hybridized carbons (Fsp3) is 0.360. The maximum atomic E-state index is 14.6. The van der Waals surface area contributed by atoms with Gasteiger partial charge in [-0.1, -0.05) is 36.4 Å². The molecule has 174 valence electrons. The van der Waals surface area contributed by atoms with Crippen LogP contribution in [0.5, 0.6) is 0 Å². The molecule has 1 aliphatic rings. The Morgan fingerprint density at radius 2 is 1.88 bits per heavy atom. The van der Waals surface area contributed by atoms with Crippen LogP contribution in [0, 0.1) is 5.82 Å². The molecule has 3 aromatic rings. The molecule has 0 amide bonds. The first-order valence-electron chi connectivity index (χ1n) is 11.0. The van der Waals surface area contributed by atoms with Gasteiger partial charge < -0.3 is 0 Å². The number of aryl methyl sites for hydroxylation is 1. The maximum absolute atomic E-state index is 14.6. The third-order valence-corrected chi connectivity index (χ3v) is 6.84. The number of rotatable bonds is 6. The Morgan fingerprint density at radius 1 is 1.15 bits per heavy atom. The highest BCUT2D eigenvalue weighted by atomic mass is 32.2. The summed E-state index contributed by atoms with van der Waals surface area (Å²) in [5, 5.41) is 0. The zero-order valence-corrected chi connectivity index (χ0v) is 19.8. The first kappa shape index (κ1) is 23.3. The summed E-state index contributed by atoms with van der Waals surface area (Å²) in [5.74, 6) is -0.833. The van der Waals surface area contributed by atoms with Gasteiger partial charge in [0, 0.05) is 23.6 Å². The third kappa shape index (κ3) is 5.23. The van der Waals surface area contributed by atoms with Crippen LogP contribution in [0.15, 0.2) is 59.7 Å². The van der Waals surface area contributed by atoms with Crippen molar-refractivity contribution < 1.29 is 12.8 Å². The molecule has 1 aromatic heterocycles. The second-order valence-electron chi connectivity index (χ2n) is 8.97. The van der Waals surface area contributed by atoms with Gasteiger partial charge in [0.25, 0.3) is 5.56 Å². The van der Waals surface area contributed by atoms with E-state index in [1.165, 1.54) is 12.1 Å². The first-order chi connectivity index (χ1) is 15.6. The van der Waals surface area contributed by atoms with Crippen LogP contribution in [0.2, 0.25) is 0 Å². The zero-order chi connectivity index (χ0) is 23.8. The summed E-state index contributed by atoms with van der Waals surface area (Å²) in [6.07, 6.45) is 4.01. The first-order valence-corrected chi connectivity index (χ1v) is 12.9. The van der Waals surface area contributed by atoms with Crippen molar-refractivity contribution in [3.05, 3.63) is 87.9 Å². The summed E-state index contributed by atoms with van der Waals surface area (Å²) in [6.45, 7) is 3.80. The standard InChI is InChI=1S/C25H28FN3O3S/c1-16(2)29-15-27-23-10-9-22(28-33(3,31)32)21(24(23)25(29)30)13-17-11-19(14-20(26)12-17)18-7-5-4-6-8-18/h4-8,11-12,14-16,21-22,28H,9-10,13H2,1-3H3/t21-,22-/m0/s1. The van der Waals surface area contributed by atoms with Gasteiger partial charge in [0.1, 0.15) is 5.82 Å². The number of hydrogen-bond donors (Lipinski definition) is 1. The summed E-state index contributed by atoms with van der Waals surface area (Å²) < 4.78 is 43.1. The molecular weight excluding hydrogens is 441 g/mol. The van der Waals surface area contributed by atoms with Gasteiger partial charge in [0.05, 0.1) is 18.3 Å². The maximum Gasteiger partial charge on any atom is 0.257 e. The van der Waals surface area contributed by atoms with E-state index in [9.17, 15) is 17.6 Å². The molecule has 0 radical (unpaired) electrons. The lowest BCUT2D eigenvalue weighted by atomic mass is 9.78. The number of nitrogens with one attached hydrogen (secondary N) is 1. The third-order valence-electron chi connectivity index (χ3n) is 6.10. The van der Waals surface area contributed by atoms with Crippen LogP contribution in [-0.2, 0) is 22.9 Å². The summed E-state index contributed by atoms with van der Waals surface area (Å²) in [6, 6.07) is 13.8. The van der Waals surface area contributed by atoms with Gasteiger partial charge in [0.2, 0.25) is 10.0 Å². The Hall–Kier alpha value is -2.84. The molecule has 8 heteroatoms. The SMILES string of the molecule is CC(C)n1cnc2c(c1=O)[C@@H](Cc1cc(F)cc(-c3ccccc3)c1)[C@@H](NS(C)(=O)=O)CC2. The Bertz CT molecular complexity index is 1320. The Morgan fingerprint density at radius 3 is 2.55 bits per heavy atom. The van der Waals surface area contributed by atoms with Crippen LogP contribution in [0.25, 0.3) is 11.1 Å². The largest absolute Gasteiger partial charge is 0.296 e. The number of nitrogens with zero attached hydrogens (tertiary/aromatic N) is 2. The predicted octanol–water partition coefficient (Wildman–Crippen LogP) is 3.82.